The van der Waals surface area contributed by atoms with Gasteiger partial charge in [0.2, 0.25) is 0 Å². The molecular weight excluding hydrogens is 282 g/mol. The zero-order valence-corrected chi connectivity index (χ0v) is 12.6. The molecule has 1 aromatic carbocycles. The number of methoxy groups -OCH3 is 2. The number of thiophene rings is 1. The van der Waals surface area contributed by atoms with E-state index in [2.05, 4.69) is 5.32 Å². The van der Waals surface area contributed by atoms with E-state index in [1.165, 1.54) is 4.88 Å². The smallest absolute Gasteiger partial charge is 0.137 e. The van der Waals surface area contributed by atoms with Gasteiger partial charge in [-0.3, -0.25) is 0 Å². The highest BCUT2D eigenvalue weighted by atomic mass is 35.5. The second-order valence-corrected chi connectivity index (χ2v) is 5.35. The Labute approximate surface area is 122 Å². The number of nitrogens with one attached hydrogen (secondary N) is 1. The Bertz CT molecular complexity index is 556. The molecule has 0 aliphatic carbocycles. The summed E-state index contributed by atoms with van der Waals surface area (Å²) in [6, 6.07) is 7.94. The number of halogens is 1. The van der Waals surface area contributed by atoms with Crippen molar-refractivity contribution in [3.8, 4) is 11.5 Å². The molecule has 1 N–H and O–H groups in total. The van der Waals surface area contributed by atoms with Crippen molar-refractivity contribution in [1.29, 1.82) is 0 Å². The maximum atomic E-state index is 6.05. The summed E-state index contributed by atoms with van der Waals surface area (Å²) in [5, 5.41) is 5.91. The standard InChI is InChI=1S/C14H16ClNO2S/c1-16-14(13-7-10(17-2)8-19-13)9-4-5-11(15)12(6-9)18-3/h4-8,14,16H,1-3H3. The molecule has 1 aromatic heterocycles. The molecule has 1 atom stereocenters. The fourth-order valence-corrected chi connectivity index (χ4v) is 3.11. The van der Waals surface area contributed by atoms with Gasteiger partial charge >= 0.3 is 0 Å². The number of hydrogen-bond donors (Lipinski definition) is 1. The van der Waals surface area contributed by atoms with Crippen LogP contribution >= 0.6 is 22.9 Å². The average Bonchev–Trinajstić information content (AvgIpc) is 2.90. The van der Waals surface area contributed by atoms with Crippen LogP contribution in [0.2, 0.25) is 5.02 Å². The van der Waals surface area contributed by atoms with Crippen LogP contribution in [0.4, 0.5) is 0 Å². The second kappa shape index (κ2) is 6.28. The summed E-state index contributed by atoms with van der Waals surface area (Å²) in [5.41, 5.74) is 1.10. The van der Waals surface area contributed by atoms with Crippen LogP contribution in [-0.4, -0.2) is 21.3 Å². The molecule has 0 fully saturated rings. The Morgan fingerprint density at radius 2 is 2.00 bits per heavy atom. The normalized spacial score (nSPS) is 12.2. The van der Waals surface area contributed by atoms with Crippen molar-refractivity contribution in [2.45, 2.75) is 6.04 Å². The zero-order valence-electron chi connectivity index (χ0n) is 11.1. The Morgan fingerprint density at radius 3 is 2.58 bits per heavy atom. The third-order valence-corrected chi connectivity index (χ3v) is 4.20. The maximum Gasteiger partial charge on any atom is 0.137 e. The number of rotatable bonds is 5. The van der Waals surface area contributed by atoms with Gasteiger partial charge in [-0.05, 0) is 30.8 Å². The highest BCUT2D eigenvalue weighted by Gasteiger charge is 2.16. The summed E-state index contributed by atoms with van der Waals surface area (Å²) in [6.07, 6.45) is 0. The lowest BCUT2D eigenvalue weighted by Gasteiger charge is -2.16. The molecule has 0 amide bonds. The summed E-state index contributed by atoms with van der Waals surface area (Å²) in [6.45, 7) is 0. The van der Waals surface area contributed by atoms with Crippen molar-refractivity contribution >= 4 is 22.9 Å². The molecule has 0 saturated heterocycles. The van der Waals surface area contributed by atoms with E-state index in [1.54, 1.807) is 25.6 Å². The van der Waals surface area contributed by atoms with E-state index in [9.17, 15) is 0 Å². The fraction of sp³-hybridized carbons (Fsp3) is 0.286. The van der Waals surface area contributed by atoms with E-state index in [-0.39, 0.29) is 6.04 Å². The highest BCUT2D eigenvalue weighted by molar-refractivity contribution is 7.10. The van der Waals surface area contributed by atoms with Crippen molar-refractivity contribution in [3.63, 3.8) is 0 Å². The third-order valence-electron chi connectivity index (χ3n) is 2.91. The van der Waals surface area contributed by atoms with Gasteiger partial charge < -0.3 is 14.8 Å². The maximum absolute atomic E-state index is 6.05. The van der Waals surface area contributed by atoms with Gasteiger partial charge in [-0.25, -0.2) is 0 Å². The van der Waals surface area contributed by atoms with Gasteiger partial charge in [0, 0.05) is 10.3 Å². The molecule has 102 valence electrons. The van der Waals surface area contributed by atoms with E-state index in [0.29, 0.717) is 10.8 Å². The van der Waals surface area contributed by atoms with Crippen molar-refractivity contribution in [2.75, 3.05) is 21.3 Å². The number of hydrogen-bond acceptors (Lipinski definition) is 4. The van der Waals surface area contributed by atoms with Crippen molar-refractivity contribution < 1.29 is 9.47 Å². The minimum absolute atomic E-state index is 0.0973. The van der Waals surface area contributed by atoms with Gasteiger partial charge in [0.05, 0.1) is 25.3 Å². The van der Waals surface area contributed by atoms with Crippen LogP contribution in [-0.2, 0) is 0 Å². The first-order valence-corrected chi connectivity index (χ1v) is 7.08. The molecule has 2 rings (SSSR count). The molecule has 0 aliphatic rings. The molecule has 5 heteroatoms. The molecule has 0 saturated carbocycles. The van der Waals surface area contributed by atoms with Gasteiger partial charge in [-0.2, -0.15) is 0 Å². The lowest BCUT2D eigenvalue weighted by Crippen LogP contribution is -2.16. The second-order valence-electron chi connectivity index (χ2n) is 4.00. The number of ether oxygens (including phenoxy) is 2. The van der Waals surface area contributed by atoms with Gasteiger partial charge in [0.1, 0.15) is 11.5 Å². The molecule has 0 radical (unpaired) electrons. The molecule has 1 heterocycles. The van der Waals surface area contributed by atoms with Gasteiger partial charge in [0.25, 0.3) is 0 Å². The summed E-state index contributed by atoms with van der Waals surface area (Å²) in [4.78, 5) is 1.18. The van der Waals surface area contributed by atoms with E-state index < -0.39 is 0 Å². The minimum Gasteiger partial charge on any atom is -0.496 e. The average molecular weight is 298 g/mol. The molecule has 19 heavy (non-hydrogen) atoms. The fourth-order valence-electron chi connectivity index (χ4n) is 1.92. The highest BCUT2D eigenvalue weighted by Crippen LogP contribution is 2.34. The van der Waals surface area contributed by atoms with Crippen molar-refractivity contribution in [3.05, 3.63) is 45.1 Å². The van der Waals surface area contributed by atoms with Crippen LogP contribution < -0.4 is 14.8 Å². The van der Waals surface area contributed by atoms with Crippen LogP contribution in [0.25, 0.3) is 0 Å². The quantitative estimate of drug-likeness (QED) is 0.912. The Morgan fingerprint density at radius 1 is 1.21 bits per heavy atom. The van der Waals surface area contributed by atoms with Crippen LogP contribution in [0.5, 0.6) is 11.5 Å². The first-order chi connectivity index (χ1) is 9.19. The van der Waals surface area contributed by atoms with Crippen LogP contribution in [0, 0.1) is 0 Å². The topological polar surface area (TPSA) is 30.5 Å². The van der Waals surface area contributed by atoms with E-state index in [1.807, 2.05) is 36.7 Å². The van der Waals surface area contributed by atoms with Crippen LogP contribution in [0.15, 0.2) is 29.6 Å². The van der Waals surface area contributed by atoms with Gasteiger partial charge in [0.15, 0.2) is 0 Å². The van der Waals surface area contributed by atoms with E-state index in [4.69, 9.17) is 21.1 Å². The molecule has 0 bridgehead atoms. The molecular formula is C14H16ClNO2S. The predicted octanol–water partition coefficient (Wildman–Crippen LogP) is 3.73. The third kappa shape index (κ3) is 3.03. The van der Waals surface area contributed by atoms with Gasteiger partial charge in [-0.15, -0.1) is 11.3 Å². The predicted molar refractivity (Wildman–Crippen MR) is 79.8 cm³/mol. The molecule has 2 aromatic rings. The SMILES string of the molecule is CNC(c1ccc(Cl)c(OC)c1)c1cc(OC)cs1. The van der Waals surface area contributed by atoms with Crippen molar-refractivity contribution in [2.24, 2.45) is 0 Å². The minimum atomic E-state index is 0.0973. The Balaban J connectivity index is 2.36. The van der Waals surface area contributed by atoms with Gasteiger partial charge in [-0.1, -0.05) is 17.7 Å². The van der Waals surface area contributed by atoms with Crippen molar-refractivity contribution in [1.82, 2.24) is 5.32 Å². The Hall–Kier alpha value is -1.23. The molecule has 0 aliphatic heterocycles. The summed E-state index contributed by atoms with van der Waals surface area (Å²) in [7, 11) is 5.22. The first-order valence-electron chi connectivity index (χ1n) is 5.82. The molecule has 3 nitrogen and oxygen atoms in total. The first kappa shape index (κ1) is 14.2. The number of benzene rings is 1. The summed E-state index contributed by atoms with van der Waals surface area (Å²) < 4.78 is 10.5. The summed E-state index contributed by atoms with van der Waals surface area (Å²) >= 11 is 7.71. The molecule has 1 unspecified atom stereocenters. The largest absolute Gasteiger partial charge is 0.496 e. The van der Waals surface area contributed by atoms with Crippen LogP contribution in [0.1, 0.15) is 16.5 Å². The van der Waals surface area contributed by atoms with Crippen LogP contribution in [0.3, 0.4) is 0 Å². The summed E-state index contributed by atoms with van der Waals surface area (Å²) in [5.74, 6) is 1.56. The zero-order chi connectivity index (χ0) is 13.8. The molecule has 0 spiro atoms. The monoisotopic (exact) mass is 297 g/mol. The van der Waals surface area contributed by atoms with E-state index in [0.717, 1.165) is 11.3 Å². The lowest BCUT2D eigenvalue weighted by atomic mass is 10.1. The lowest BCUT2D eigenvalue weighted by molar-refractivity contribution is 0.414. The Kier molecular flexibility index (Phi) is 4.69. The van der Waals surface area contributed by atoms with E-state index >= 15 is 0 Å².